The highest BCUT2D eigenvalue weighted by atomic mass is 16.5. The van der Waals surface area contributed by atoms with E-state index in [1.54, 1.807) is 13.8 Å². The highest BCUT2D eigenvalue weighted by Crippen LogP contribution is 2.44. The number of fused-ring (bicyclic) bond motifs is 3. The van der Waals surface area contributed by atoms with Crippen molar-refractivity contribution in [3.8, 4) is 11.1 Å². The van der Waals surface area contributed by atoms with Gasteiger partial charge in [-0.1, -0.05) is 67.8 Å². The third kappa shape index (κ3) is 5.50. The zero-order valence-electron chi connectivity index (χ0n) is 20.5. The Bertz CT molecular complexity index is 1040. The zero-order valence-corrected chi connectivity index (χ0v) is 20.5. The Kier molecular flexibility index (Phi) is 7.43. The van der Waals surface area contributed by atoms with E-state index in [2.05, 4.69) is 29.6 Å². The summed E-state index contributed by atoms with van der Waals surface area (Å²) in [6.45, 7) is 3.46. The molecule has 2 amide bonds. The topological polar surface area (TPSA) is 95.9 Å². The van der Waals surface area contributed by atoms with Crippen LogP contribution in [0.25, 0.3) is 11.1 Å². The molecule has 0 atom stereocenters. The van der Waals surface area contributed by atoms with E-state index in [1.807, 2.05) is 24.3 Å². The smallest absolute Gasteiger partial charge is 0.407 e. The highest BCUT2D eigenvalue weighted by molar-refractivity contribution is 5.83. The van der Waals surface area contributed by atoms with Gasteiger partial charge in [-0.05, 0) is 48.9 Å². The molecule has 1 saturated carbocycles. The van der Waals surface area contributed by atoms with Crippen molar-refractivity contribution in [3.05, 3.63) is 59.7 Å². The van der Waals surface area contributed by atoms with E-state index in [0.717, 1.165) is 30.4 Å². The van der Waals surface area contributed by atoms with Gasteiger partial charge in [-0.3, -0.25) is 9.59 Å². The quantitative estimate of drug-likeness (QED) is 0.560. The molecule has 7 heteroatoms. The van der Waals surface area contributed by atoms with Crippen LogP contribution in [0.15, 0.2) is 48.5 Å². The van der Waals surface area contributed by atoms with Gasteiger partial charge in [0.05, 0.1) is 12.0 Å². The van der Waals surface area contributed by atoms with E-state index in [9.17, 15) is 19.5 Å². The number of carbonyl (C=O) groups excluding carboxylic acids is 2. The van der Waals surface area contributed by atoms with E-state index < -0.39 is 17.6 Å². The number of carbonyl (C=O) groups is 3. The minimum Gasteiger partial charge on any atom is -0.480 e. The summed E-state index contributed by atoms with van der Waals surface area (Å²) in [5, 5.41) is 12.3. The normalized spacial score (nSPS) is 16.3. The standard InChI is InChI=1S/C28H34N2O5/c1-19(2)30(17-26(32)33)25(31)16-28(14-8-3-9-15-28)29-27(34)35-18-24-22-12-6-4-10-20(22)21-11-5-7-13-23(21)24/h4-7,10-13,19,24H,3,8-9,14-18H2,1-2H3,(H,29,34)(H,32,33). The number of hydrogen-bond donors (Lipinski definition) is 2. The summed E-state index contributed by atoms with van der Waals surface area (Å²) in [7, 11) is 0. The van der Waals surface area contributed by atoms with Crippen LogP contribution < -0.4 is 5.32 Å². The molecule has 0 spiro atoms. The number of rotatable bonds is 8. The van der Waals surface area contributed by atoms with E-state index in [-0.39, 0.29) is 37.4 Å². The molecule has 35 heavy (non-hydrogen) atoms. The van der Waals surface area contributed by atoms with Gasteiger partial charge in [-0.15, -0.1) is 0 Å². The fourth-order valence-electron chi connectivity index (χ4n) is 5.52. The lowest BCUT2D eigenvalue weighted by Crippen LogP contribution is -2.54. The summed E-state index contributed by atoms with van der Waals surface area (Å²) >= 11 is 0. The average Bonchev–Trinajstić information content (AvgIpc) is 3.15. The number of alkyl carbamates (subject to hydrolysis) is 1. The second kappa shape index (κ2) is 10.5. The summed E-state index contributed by atoms with van der Waals surface area (Å²) < 4.78 is 5.75. The van der Waals surface area contributed by atoms with Crippen LogP contribution in [0.2, 0.25) is 0 Å². The first-order valence-electron chi connectivity index (χ1n) is 12.4. The first-order chi connectivity index (χ1) is 16.8. The van der Waals surface area contributed by atoms with Gasteiger partial charge in [-0.2, -0.15) is 0 Å². The van der Waals surface area contributed by atoms with Crippen molar-refractivity contribution < 1.29 is 24.2 Å². The molecule has 0 bridgehead atoms. The van der Waals surface area contributed by atoms with Crippen LogP contribution in [-0.4, -0.2) is 52.7 Å². The van der Waals surface area contributed by atoms with Crippen LogP contribution in [0.3, 0.4) is 0 Å². The average molecular weight is 479 g/mol. The summed E-state index contributed by atoms with van der Waals surface area (Å²) in [6, 6.07) is 16.1. The highest BCUT2D eigenvalue weighted by Gasteiger charge is 2.39. The SMILES string of the molecule is CC(C)N(CC(=O)O)C(=O)CC1(NC(=O)OCC2c3ccccc3-c3ccccc32)CCCCC1. The van der Waals surface area contributed by atoms with Crippen molar-refractivity contribution >= 4 is 18.0 Å². The van der Waals surface area contributed by atoms with E-state index in [0.29, 0.717) is 12.8 Å². The van der Waals surface area contributed by atoms with Crippen molar-refractivity contribution in [1.82, 2.24) is 10.2 Å². The van der Waals surface area contributed by atoms with Gasteiger partial charge in [0.2, 0.25) is 5.91 Å². The molecule has 2 aliphatic carbocycles. The minimum atomic E-state index is -1.05. The molecule has 7 nitrogen and oxygen atoms in total. The Balaban J connectivity index is 1.45. The molecule has 0 radical (unpaired) electrons. The molecule has 1 fully saturated rings. The monoisotopic (exact) mass is 478 g/mol. The Morgan fingerprint density at radius 3 is 2.11 bits per heavy atom. The van der Waals surface area contributed by atoms with Gasteiger partial charge in [-0.25, -0.2) is 4.79 Å². The molecular formula is C28H34N2O5. The van der Waals surface area contributed by atoms with Crippen molar-refractivity contribution in [2.75, 3.05) is 13.2 Å². The summed E-state index contributed by atoms with van der Waals surface area (Å²) in [6.07, 6.45) is 3.73. The zero-order chi connectivity index (χ0) is 25.0. The number of carboxylic acids is 1. The first kappa shape index (κ1) is 24.8. The van der Waals surface area contributed by atoms with Crippen LogP contribution in [0.5, 0.6) is 0 Å². The number of aliphatic carboxylic acids is 1. The number of nitrogens with one attached hydrogen (secondary N) is 1. The second-order valence-corrected chi connectivity index (χ2v) is 9.98. The number of hydrogen-bond acceptors (Lipinski definition) is 4. The van der Waals surface area contributed by atoms with Gasteiger partial charge in [0.25, 0.3) is 0 Å². The van der Waals surface area contributed by atoms with Crippen LogP contribution in [0, 0.1) is 0 Å². The molecule has 0 heterocycles. The molecule has 0 saturated heterocycles. The van der Waals surface area contributed by atoms with Crippen molar-refractivity contribution in [3.63, 3.8) is 0 Å². The maximum atomic E-state index is 13.1. The fourth-order valence-corrected chi connectivity index (χ4v) is 5.52. The Hall–Kier alpha value is -3.35. The summed E-state index contributed by atoms with van der Waals surface area (Å²) in [5.74, 6) is -1.35. The Morgan fingerprint density at radius 2 is 1.57 bits per heavy atom. The van der Waals surface area contributed by atoms with Crippen LogP contribution in [-0.2, 0) is 14.3 Å². The molecule has 0 aliphatic heterocycles. The predicted molar refractivity (Wildman–Crippen MR) is 133 cm³/mol. The molecule has 2 aromatic rings. The lowest BCUT2D eigenvalue weighted by atomic mass is 9.79. The van der Waals surface area contributed by atoms with Gasteiger partial charge < -0.3 is 20.1 Å². The van der Waals surface area contributed by atoms with E-state index >= 15 is 0 Å². The lowest BCUT2D eigenvalue weighted by molar-refractivity contribution is -0.146. The maximum Gasteiger partial charge on any atom is 0.407 e. The molecule has 2 aliphatic rings. The third-order valence-corrected chi connectivity index (χ3v) is 7.26. The van der Waals surface area contributed by atoms with E-state index in [4.69, 9.17) is 4.74 Å². The van der Waals surface area contributed by atoms with Gasteiger partial charge >= 0.3 is 12.1 Å². The number of nitrogens with zero attached hydrogens (tertiary/aromatic N) is 1. The van der Waals surface area contributed by atoms with Gasteiger partial charge in [0.1, 0.15) is 13.2 Å². The van der Waals surface area contributed by atoms with Crippen molar-refractivity contribution in [2.24, 2.45) is 0 Å². The van der Waals surface area contributed by atoms with Crippen molar-refractivity contribution in [1.29, 1.82) is 0 Å². The van der Waals surface area contributed by atoms with Crippen LogP contribution >= 0.6 is 0 Å². The minimum absolute atomic E-state index is 0.0379. The lowest BCUT2D eigenvalue weighted by Gasteiger charge is -2.39. The molecule has 2 aromatic carbocycles. The summed E-state index contributed by atoms with van der Waals surface area (Å²) in [5.41, 5.74) is 3.90. The van der Waals surface area contributed by atoms with Crippen molar-refractivity contribution in [2.45, 2.75) is 69.9 Å². The molecule has 2 N–H and O–H groups in total. The number of benzene rings is 2. The molecular weight excluding hydrogens is 444 g/mol. The fraction of sp³-hybridized carbons (Fsp3) is 0.464. The molecule has 0 aromatic heterocycles. The maximum absolute atomic E-state index is 13.1. The Labute approximate surface area is 206 Å². The third-order valence-electron chi connectivity index (χ3n) is 7.26. The number of amides is 2. The summed E-state index contributed by atoms with van der Waals surface area (Å²) in [4.78, 5) is 38.7. The van der Waals surface area contributed by atoms with Gasteiger partial charge in [0.15, 0.2) is 0 Å². The number of ether oxygens (including phenoxy) is 1. The largest absolute Gasteiger partial charge is 0.480 e. The predicted octanol–water partition coefficient (Wildman–Crippen LogP) is 4.94. The van der Waals surface area contributed by atoms with Crippen LogP contribution in [0.1, 0.15) is 69.4 Å². The molecule has 186 valence electrons. The first-order valence-corrected chi connectivity index (χ1v) is 12.4. The molecule has 0 unspecified atom stereocenters. The van der Waals surface area contributed by atoms with Gasteiger partial charge in [0, 0.05) is 12.0 Å². The van der Waals surface area contributed by atoms with E-state index in [1.165, 1.54) is 16.0 Å². The van der Waals surface area contributed by atoms with Crippen LogP contribution in [0.4, 0.5) is 4.79 Å². The number of carboxylic acid groups (broad SMARTS) is 1. The second-order valence-electron chi connectivity index (χ2n) is 9.98. The Morgan fingerprint density at radius 1 is 1.00 bits per heavy atom. The molecule has 4 rings (SSSR count).